The Morgan fingerprint density at radius 1 is 1.29 bits per heavy atom. The molecule has 1 aliphatic rings. The van der Waals surface area contributed by atoms with Gasteiger partial charge in [0.2, 0.25) is 10.0 Å². The Hall–Kier alpha value is -1.70. The quantitative estimate of drug-likeness (QED) is 0.834. The van der Waals surface area contributed by atoms with E-state index in [-0.39, 0.29) is 6.04 Å². The minimum atomic E-state index is -3.06. The number of hydrogen-bond acceptors (Lipinski definition) is 4. The summed E-state index contributed by atoms with van der Waals surface area (Å²) in [6.07, 6.45) is 6.66. The minimum absolute atomic E-state index is 0.0223. The van der Waals surface area contributed by atoms with Crippen molar-refractivity contribution in [1.82, 2.24) is 19.6 Å². The molecule has 6 nitrogen and oxygen atoms in total. The topological polar surface area (TPSA) is 78.1 Å². The standard InChI is InChI=1S/C17H24N4O2S/c1-24(22,23)21-11-7-14(8-12-21)13-20-16(17-18-9-10-19-17)15-5-3-2-4-6-15/h2-6,9-10,14,16,20H,7-8,11-13H2,1H3,(H,18,19)/t16-/m0/s1. The molecule has 1 fully saturated rings. The second kappa shape index (κ2) is 7.46. The van der Waals surface area contributed by atoms with Crippen molar-refractivity contribution >= 4 is 10.0 Å². The number of aromatic nitrogens is 2. The normalized spacial score (nSPS) is 18.5. The zero-order valence-electron chi connectivity index (χ0n) is 13.9. The van der Waals surface area contributed by atoms with Gasteiger partial charge in [0, 0.05) is 25.5 Å². The lowest BCUT2D eigenvalue weighted by Crippen LogP contribution is -2.40. The van der Waals surface area contributed by atoms with Crippen LogP contribution in [0.15, 0.2) is 42.7 Å². The monoisotopic (exact) mass is 348 g/mol. The van der Waals surface area contributed by atoms with Crippen molar-refractivity contribution in [2.45, 2.75) is 18.9 Å². The van der Waals surface area contributed by atoms with Crippen molar-refractivity contribution in [3.8, 4) is 0 Å². The highest BCUT2D eigenvalue weighted by molar-refractivity contribution is 7.88. The number of nitrogens with zero attached hydrogens (tertiary/aromatic N) is 2. The van der Waals surface area contributed by atoms with Gasteiger partial charge in [0.05, 0.1) is 12.3 Å². The van der Waals surface area contributed by atoms with Gasteiger partial charge in [-0.05, 0) is 30.9 Å². The number of aromatic amines is 1. The molecule has 2 N–H and O–H groups in total. The molecule has 0 saturated carbocycles. The van der Waals surface area contributed by atoms with Gasteiger partial charge in [0.15, 0.2) is 0 Å². The first-order chi connectivity index (χ1) is 11.5. The molecule has 1 saturated heterocycles. The molecule has 1 aromatic carbocycles. The van der Waals surface area contributed by atoms with Gasteiger partial charge in [-0.25, -0.2) is 17.7 Å². The van der Waals surface area contributed by atoms with Crippen LogP contribution in [0.25, 0.3) is 0 Å². The number of hydrogen-bond donors (Lipinski definition) is 2. The summed E-state index contributed by atoms with van der Waals surface area (Å²) in [5.74, 6) is 1.37. The summed E-state index contributed by atoms with van der Waals surface area (Å²) in [5.41, 5.74) is 1.17. The van der Waals surface area contributed by atoms with E-state index in [2.05, 4.69) is 27.4 Å². The van der Waals surface area contributed by atoms with Crippen LogP contribution in [0.5, 0.6) is 0 Å². The van der Waals surface area contributed by atoms with Crippen molar-refractivity contribution in [1.29, 1.82) is 0 Å². The van der Waals surface area contributed by atoms with Gasteiger partial charge >= 0.3 is 0 Å². The molecule has 1 aromatic heterocycles. The molecule has 0 unspecified atom stereocenters. The number of H-pyrrole nitrogens is 1. The van der Waals surface area contributed by atoms with Gasteiger partial charge in [-0.2, -0.15) is 0 Å². The molecule has 7 heteroatoms. The van der Waals surface area contributed by atoms with Crippen LogP contribution in [0.2, 0.25) is 0 Å². The van der Waals surface area contributed by atoms with E-state index in [0.29, 0.717) is 19.0 Å². The number of rotatable bonds is 6. The van der Waals surface area contributed by atoms with Crippen LogP contribution in [-0.2, 0) is 10.0 Å². The third-order valence-electron chi connectivity index (χ3n) is 4.58. The van der Waals surface area contributed by atoms with E-state index in [1.165, 1.54) is 11.8 Å². The second-order valence-electron chi connectivity index (χ2n) is 6.33. The van der Waals surface area contributed by atoms with Crippen LogP contribution in [-0.4, -0.2) is 48.6 Å². The van der Waals surface area contributed by atoms with Gasteiger partial charge in [-0.3, -0.25) is 0 Å². The Morgan fingerprint density at radius 3 is 2.58 bits per heavy atom. The average Bonchev–Trinajstić information content (AvgIpc) is 3.10. The number of imidazole rings is 1. The number of piperidine rings is 1. The smallest absolute Gasteiger partial charge is 0.211 e. The van der Waals surface area contributed by atoms with E-state index in [0.717, 1.165) is 25.2 Å². The van der Waals surface area contributed by atoms with E-state index >= 15 is 0 Å². The molecule has 0 amide bonds. The van der Waals surface area contributed by atoms with Crippen LogP contribution < -0.4 is 5.32 Å². The van der Waals surface area contributed by atoms with Crippen LogP contribution in [0.3, 0.4) is 0 Å². The fourth-order valence-corrected chi connectivity index (χ4v) is 4.06. The Balaban J connectivity index is 1.61. The molecule has 130 valence electrons. The lowest BCUT2D eigenvalue weighted by molar-refractivity contribution is 0.265. The molecule has 0 radical (unpaired) electrons. The summed E-state index contributed by atoms with van der Waals surface area (Å²) in [6.45, 7) is 2.07. The molecule has 2 heterocycles. The summed E-state index contributed by atoms with van der Waals surface area (Å²) in [6, 6.07) is 10.3. The van der Waals surface area contributed by atoms with Crippen LogP contribution >= 0.6 is 0 Å². The largest absolute Gasteiger partial charge is 0.347 e. The van der Waals surface area contributed by atoms with Gasteiger partial charge in [-0.1, -0.05) is 30.3 Å². The molecular formula is C17H24N4O2S. The maximum Gasteiger partial charge on any atom is 0.211 e. The van der Waals surface area contributed by atoms with E-state index in [9.17, 15) is 8.42 Å². The number of sulfonamides is 1. The maximum atomic E-state index is 11.6. The van der Waals surface area contributed by atoms with Crippen molar-refractivity contribution in [2.75, 3.05) is 25.9 Å². The van der Waals surface area contributed by atoms with Crippen molar-refractivity contribution in [2.24, 2.45) is 5.92 Å². The van der Waals surface area contributed by atoms with Crippen molar-refractivity contribution in [3.05, 3.63) is 54.1 Å². The molecule has 2 aromatic rings. The number of benzene rings is 1. The third-order valence-corrected chi connectivity index (χ3v) is 5.88. The average molecular weight is 348 g/mol. The zero-order valence-corrected chi connectivity index (χ0v) is 14.7. The summed E-state index contributed by atoms with van der Waals surface area (Å²) >= 11 is 0. The first kappa shape index (κ1) is 17.1. The predicted molar refractivity (Wildman–Crippen MR) is 94.0 cm³/mol. The predicted octanol–water partition coefficient (Wildman–Crippen LogP) is 1.76. The van der Waals surface area contributed by atoms with Crippen LogP contribution in [0, 0.1) is 5.92 Å². The van der Waals surface area contributed by atoms with E-state index in [4.69, 9.17) is 0 Å². The molecule has 0 bridgehead atoms. The first-order valence-corrected chi connectivity index (χ1v) is 10.1. The van der Waals surface area contributed by atoms with Crippen LogP contribution in [0.4, 0.5) is 0 Å². The van der Waals surface area contributed by atoms with Gasteiger partial charge in [0.1, 0.15) is 5.82 Å². The fourth-order valence-electron chi connectivity index (χ4n) is 3.18. The molecular weight excluding hydrogens is 324 g/mol. The van der Waals surface area contributed by atoms with Crippen molar-refractivity contribution in [3.63, 3.8) is 0 Å². The number of nitrogens with one attached hydrogen (secondary N) is 2. The third kappa shape index (κ3) is 4.23. The Morgan fingerprint density at radius 2 is 2.00 bits per heavy atom. The highest BCUT2D eigenvalue weighted by atomic mass is 32.2. The SMILES string of the molecule is CS(=O)(=O)N1CCC(CN[C@@H](c2ccccc2)c2ncc[nH]2)CC1. The van der Waals surface area contributed by atoms with Crippen LogP contribution in [0.1, 0.15) is 30.3 Å². The highest BCUT2D eigenvalue weighted by Crippen LogP contribution is 2.22. The van der Waals surface area contributed by atoms with Gasteiger partial charge in [0.25, 0.3) is 0 Å². The Kier molecular flexibility index (Phi) is 5.33. The fraction of sp³-hybridized carbons (Fsp3) is 0.471. The summed E-state index contributed by atoms with van der Waals surface area (Å²) < 4.78 is 24.8. The Bertz CT molecular complexity index is 723. The van der Waals surface area contributed by atoms with Gasteiger partial charge < -0.3 is 10.3 Å². The Labute approximate surface area is 143 Å². The van der Waals surface area contributed by atoms with E-state index in [1.54, 1.807) is 10.5 Å². The lowest BCUT2D eigenvalue weighted by atomic mass is 9.97. The minimum Gasteiger partial charge on any atom is -0.347 e. The summed E-state index contributed by atoms with van der Waals surface area (Å²) in [7, 11) is -3.06. The van der Waals surface area contributed by atoms with E-state index in [1.807, 2.05) is 24.4 Å². The summed E-state index contributed by atoms with van der Waals surface area (Å²) in [5, 5.41) is 3.60. The molecule has 24 heavy (non-hydrogen) atoms. The molecule has 1 atom stereocenters. The van der Waals surface area contributed by atoms with E-state index < -0.39 is 10.0 Å². The highest BCUT2D eigenvalue weighted by Gasteiger charge is 2.26. The lowest BCUT2D eigenvalue weighted by Gasteiger charge is -2.31. The molecule has 1 aliphatic heterocycles. The van der Waals surface area contributed by atoms with Crippen molar-refractivity contribution < 1.29 is 8.42 Å². The molecule has 0 aliphatic carbocycles. The zero-order chi connectivity index (χ0) is 17.0. The van der Waals surface area contributed by atoms with Gasteiger partial charge in [-0.15, -0.1) is 0 Å². The molecule has 0 spiro atoms. The molecule has 3 rings (SSSR count). The maximum absolute atomic E-state index is 11.6. The second-order valence-corrected chi connectivity index (χ2v) is 8.31. The first-order valence-electron chi connectivity index (χ1n) is 8.27. The summed E-state index contributed by atoms with van der Waals surface area (Å²) in [4.78, 5) is 7.58.